The van der Waals surface area contributed by atoms with Gasteiger partial charge in [-0.2, -0.15) is 0 Å². The normalized spacial score (nSPS) is 11.1. The van der Waals surface area contributed by atoms with Crippen LogP contribution in [0.5, 0.6) is 11.6 Å². The Hall–Kier alpha value is -2.44. The zero-order chi connectivity index (χ0) is 17.1. The molecule has 6 heteroatoms. The summed E-state index contributed by atoms with van der Waals surface area (Å²) in [4.78, 5) is 5.01. The molecule has 0 aliphatic heterocycles. The number of aromatic nitrogens is 1. The topological polar surface area (TPSA) is 46.8 Å². The lowest BCUT2D eigenvalue weighted by molar-refractivity contribution is 0.415. The van der Waals surface area contributed by atoms with Crippen LogP contribution in [0.25, 0.3) is 5.69 Å². The molecule has 0 spiro atoms. The Kier molecular flexibility index (Phi) is 4.78. The highest BCUT2D eigenvalue weighted by Crippen LogP contribution is 2.29. The first-order valence-corrected chi connectivity index (χ1v) is 8.51. The third kappa shape index (κ3) is 3.39. The maximum absolute atomic E-state index is 10.5. The maximum Gasteiger partial charge on any atom is 0.216 e. The molecule has 0 bridgehead atoms. The van der Waals surface area contributed by atoms with Gasteiger partial charge in [-0.3, -0.25) is 9.56 Å². The molecule has 0 saturated carbocycles. The molecule has 0 aliphatic carbocycles. The Morgan fingerprint density at radius 2 is 1.96 bits per heavy atom. The van der Waals surface area contributed by atoms with E-state index in [1.54, 1.807) is 17.9 Å². The van der Waals surface area contributed by atoms with Crippen molar-refractivity contribution in [1.29, 1.82) is 0 Å². The van der Waals surface area contributed by atoms with Crippen molar-refractivity contribution in [1.82, 2.24) is 4.57 Å². The van der Waals surface area contributed by atoms with Gasteiger partial charge in [-0.05, 0) is 43.4 Å². The van der Waals surface area contributed by atoms with Crippen LogP contribution in [-0.2, 0) is 0 Å². The van der Waals surface area contributed by atoms with E-state index < -0.39 is 0 Å². The summed E-state index contributed by atoms with van der Waals surface area (Å²) in [7, 11) is 1.61. The van der Waals surface area contributed by atoms with Gasteiger partial charge in [-0.15, -0.1) is 0 Å². The van der Waals surface area contributed by atoms with Gasteiger partial charge >= 0.3 is 0 Å². The lowest BCUT2D eigenvalue weighted by Gasteiger charge is -2.04. The van der Waals surface area contributed by atoms with E-state index in [-0.39, 0.29) is 5.88 Å². The number of nitrogens with zero attached hydrogens (tertiary/aromatic N) is 2. The predicted octanol–water partition coefficient (Wildman–Crippen LogP) is 5.04. The van der Waals surface area contributed by atoms with Gasteiger partial charge in [0.05, 0.1) is 24.7 Å². The van der Waals surface area contributed by atoms with Gasteiger partial charge in [-0.25, -0.2) is 0 Å². The summed E-state index contributed by atoms with van der Waals surface area (Å²) in [6.45, 7) is 2.02. The lowest BCUT2D eigenvalue weighted by Crippen LogP contribution is -1.93. The standard InChI is InChI=1S/C18H16N2O2S2/c1-12-6-8-14(9-7-12)20-17(21)16(24-18(20)23)11-19-13-4-3-5-15(10-13)22-2/h3-11,21H,1-2H3. The number of methoxy groups -OCH3 is 1. The van der Waals surface area contributed by atoms with Crippen LogP contribution < -0.4 is 4.74 Å². The smallest absolute Gasteiger partial charge is 0.216 e. The number of hydrogen-bond acceptors (Lipinski definition) is 5. The molecule has 1 heterocycles. The molecule has 2 aromatic carbocycles. The SMILES string of the molecule is COc1cccc(N=Cc2sc(=S)n(-c3ccc(C)cc3)c2O)c1. The van der Waals surface area contributed by atoms with E-state index in [2.05, 4.69) is 4.99 Å². The van der Waals surface area contributed by atoms with Gasteiger partial charge in [0, 0.05) is 6.07 Å². The largest absolute Gasteiger partial charge is 0.497 e. The summed E-state index contributed by atoms with van der Waals surface area (Å²) in [6, 6.07) is 15.2. The molecule has 3 rings (SSSR count). The van der Waals surface area contributed by atoms with E-state index in [9.17, 15) is 5.11 Å². The van der Waals surface area contributed by atoms with Crippen LogP contribution in [0.1, 0.15) is 10.4 Å². The van der Waals surface area contributed by atoms with E-state index >= 15 is 0 Å². The zero-order valence-corrected chi connectivity index (χ0v) is 14.9. The van der Waals surface area contributed by atoms with Crippen molar-refractivity contribution < 1.29 is 9.84 Å². The van der Waals surface area contributed by atoms with Gasteiger partial charge < -0.3 is 9.84 Å². The fourth-order valence-corrected chi connectivity index (χ4v) is 3.43. The maximum atomic E-state index is 10.5. The number of hydrogen-bond donors (Lipinski definition) is 1. The van der Waals surface area contributed by atoms with Crippen LogP contribution in [0.2, 0.25) is 0 Å². The summed E-state index contributed by atoms with van der Waals surface area (Å²) < 4.78 is 7.40. The summed E-state index contributed by atoms with van der Waals surface area (Å²) >= 11 is 6.70. The summed E-state index contributed by atoms with van der Waals surface area (Å²) in [5, 5.41) is 10.5. The quantitative estimate of drug-likeness (QED) is 0.526. The molecular weight excluding hydrogens is 340 g/mol. The minimum Gasteiger partial charge on any atom is -0.497 e. The van der Waals surface area contributed by atoms with Crippen molar-refractivity contribution in [3.8, 4) is 17.3 Å². The van der Waals surface area contributed by atoms with E-state index in [0.717, 1.165) is 22.7 Å². The number of thiazole rings is 1. The van der Waals surface area contributed by atoms with E-state index in [1.165, 1.54) is 11.3 Å². The minimum atomic E-state index is 0.0977. The number of aromatic hydroxyl groups is 1. The molecule has 3 aromatic rings. The van der Waals surface area contributed by atoms with Gasteiger partial charge in [0.25, 0.3) is 0 Å². The van der Waals surface area contributed by atoms with E-state index in [0.29, 0.717) is 8.83 Å². The molecule has 4 nitrogen and oxygen atoms in total. The zero-order valence-electron chi connectivity index (χ0n) is 13.3. The van der Waals surface area contributed by atoms with Crippen molar-refractivity contribution in [2.45, 2.75) is 6.92 Å². The van der Waals surface area contributed by atoms with Gasteiger partial charge in [0.2, 0.25) is 5.88 Å². The highest BCUT2D eigenvalue weighted by Gasteiger charge is 2.11. The van der Waals surface area contributed by atoms with Crippen molar-refractivity contribution in [2.24, 2.45) is 4.99 Å². The molecule has 1 aromatic heterocycles. The second-order valence-electron chi connectivity index (χ2n) is 5.19. The monoisotopic (exact) mass is 356 g/mol. The Morgan fingerprint density at radius 1 is 1.21 bits per heavy atom. The molecule has 0 aliphatic rings. The van der Waals surface area contributed by atoms with Crippen molar-refractivity contribution in [2.75, 3.05) is 7.11 Å². The van der Waals surface area contributed by atoms with Crippen molar-refractivity contribution in [3.05, 3.63) is 62.9 Å². The van der Waals surface area contributed by atoms with Gasteiger partial charge in [0.1, 0.15) is 10.6 Å². The second kappa shape index (κ2) is 6.98. The Labute approximate surface area is 149 Å². The molecule has 1 N–H and O–H groups in total. The average molecular weight is 356 g/mol. The van der Waals surface area contributed by atoms with Crippen LogP contribution in [-0.4, -0.2) is 23.0 Å². The third-order valence-electron chi connectivity index (χ3n) is 3.49. The van der Waals surface area contributed by atoms with Crippen LogP contribution >= 0.6 is 23.6 Å². The molecule has 24 heavy (non-hydrogen) atoms. The summed E-state index contributed by atoms with van der Waals surface area (Å²) in [6.07, 6.45) is 1.62. The third-order valence-corrected chi connectivity index (χ3v) is 4.79. The minimum absolute atomic E-state index is 0.0977. The first-order chi connectivity index (χ1) is 11.6. The molecule has 122 valence electrons. The number of rotatable bonds is 4. The lowest BCUT2D eigenvalue weighted by atomic mass is 10.2. The molecule has 0 amide bonds. The molecule has 0 unspecified atom stereocenters. The fraction of sp³-hybridized carbons (Fsp3) is 0.111. The number of aryl methyl sites for hydroxylation is 1. The summed E-state index contributed by atoms with van der Waals surface area (Å²) in [5.74, 6) is 0.833. The van der Waals surface area contributed by atoms with Gasteiger partial charge in [0.15, 0.2) is 3.95 Å². The first-order valence-electron chi connectivity index (χ1n) is 7.28. The highest BCUT2D eigenvalue weighted by molar-refractivity contribution is 7.73. The van der Waals surface area contributed by atoms with E-state index in [4.69, 9.17) is 17.0 Å². The summed E-state index contributed by atoms with van der Waals surface area (Å²) in [5.41, 5.74) is 2.73. The Balaban J connectivity index is 1.95. The average Bonchev–Trinajstić information content (AvgIpc) is 2.88. The predicted molar refractivity (Wildman–Crippen MR) is 101 cm³/mol. The fourth-order valence-electron chi connectivity index (χ4n) is 2.21. The number of ether oxygens (including phenoxy) is 1. The van der Waals surface area contributed by atoms with Crippen LogP contribution in [0.15, 0.2) is 53.5 Å². The molecule has 0 fully saturated rings. The van der Waals surface area contributed by atoms with Gasteiger partial charge in [-0.1, -0.05) is 35.1 Å². The molecular formula is C18H16N2O2S2. The number of benzene rings is 2. The Morgan fingerprint density at radius 3 is 2.67 bits per heavy atom. The number of aliphatic imine (C=N–C) groups is 1. The Bertz CT molecular complexity index is 940. The molecule has 0 radical (unpaired) electrons. The van der Waals surface area contributed by atoms with Crippen LogP contribution in [0, 0.1) is 10.9 Å². The molecule has 0 atom stereocenters. The van der Waals surface area contributed by atoms with Crippen molar-refractivity contribution in [3.63, 3.8) is 0 Å². The van der Waals surface area contributed by atoms with E-state index in [1.807, 2.05) is 55.5 Å². The first kappa shape index (κ1) is 16.4. The van der Waals surface area contributed by atoms with Crippen LogP contribution in [0.3, 0.4) is 0 Å². The van der Waals surface area contributed by atoms with Crippen molar-refractivity contribution >= 4 is 35.5 Å². The second-order valence-corrected chi connectivity index (χ2v) is 6.86. The van der Waals surface area contributed by atoms with Crippen LogP contribution in [0.4, 0.5) is 5.69 Å². The molecule has 0 saturated heterocycles. The highest BCUT2D eigenvalue weighted by atomic mass is 32.1.